The molecule has 16 heavy (non-hydrogen) atoms. The SMILES string of the molecule is CC(C)(CCO)CNc1ccc(N)cc1I. The molecule has 0 amide bonds. The Morgan fingerprint density at radius 2 is 2.12 bits per heavy atom. The third kappa shape index (κ3) is 4.17. The molecule has 0 saturated carbocycles. The van der Waals surface area contributed by atoms with Gasteiger partial charge in [-0.15, -0.1) is 0 Å². The molecule has 4 heteroatoms. The number of nitrogen functional groups attached to an aromatic ring is 1. The molecule has 90 valence electrons. The fraction of sp³-hybridized carbons (Fsp3) is 0.500. The van der Waals surface area contributed by atoms with E-state index in [1.807, 2.05) is 18.2 Å². The summed E-state index contributed by atoms with van der Waals surface area (Å²) in [7, 11) is 0. The van der Waals surface area contributed by atoms with Gasteiger partial charge in [-0.05, 0) is 52.6 Å². The van der Waals surface area contributed by atoms with E-state index in [0.29, 0.717) is 0 Å². The van der Waals surface area contributed by atoms with Crippen molar-refractivity contribution in [3.8, 4) is 0 Å². The largest absolute Gasteiger partial charge is 0.399 e. The van der Waals surface area contributed by atoms with Gasteiger partial charge in [0.1, 0.15) is 0 Å². The van der Waals surface area contributed by atoms with Crippen molar-refractivity contribution in [2.24, 2.45) is 5.41 Å². The zero-order valence-electron chi connectivity index (χ0n) is 9.76. The van der Waals surface area contributed by atoms with E-state index < -0.39 is 0 Å². The molecule has 0 bridgehead atoms. The lowest BCUT2D eigenvalue weighted by atomic mass is 9.90. The Morgan fingerprint density at radius 3 is 2.69 bits per heavy atom. The van der Waals surface area contributed by atoms with Crippen LogP contribution in [0.3, 0.4) is 0 Å². The number of nitrogens with one attached hydrogen (secondary N) is 1. The number of halogens is 1. The van der Waals surface area contributed by atoms with Crippen LogP contribution in [0.4, 0.5) is 11.4 Å². The molecule has 3 nitrogen and oxygen atoms in total. The van der Waals surface area contributed by atoms with Crippen LogP contribution >= 0.6 is 22.6 Å². The van der Waals surface area contributed by atoms with Crippen LogP contribution in [0.5, 0.6) is 0 Å². The van der Waals surface area contributed by atoms with Crippen LogP contribution in [-0.4, -0.2) is 18.3 Å². The van der Waals surface area contributed by atoms with Gasteiger partial charge in [0.2, 0.25) is 0 Å². The summed E-state index contributed by atoms with van der Waals surface area (Å²) in [5, 5.41) is 12.3. The van der Waals surface area contributed by atoms with Crippen molar-refractivity contribution in [1.82, 2.24) is 0 Å². The molecule has 4 N–H and O–H groups in total. The highest BCUT2D eigenvalue weighted by molar-refractivity contribution is 14.1. The third-order valence-electron chi connectivity index (χ3n) is 2.54. The van der Waals surface area contributed by atoms with Crippen molar-refractivity contribution < 1.29 is 5.11 Å². The molecular formula is C12H19IN2O. The molecule has 0 aliphatic rings. The van der Waals surface area contributed by atoms with E-state index in [1.54, 1.807) is 0 Å². The zero-order valence-corrected chi connectivity index (χ0v) is 11.9. The number of aliphatic hydroxyl groups excluding tert-OH is 1. The zero-order chi connectivity index (χ0) is 12.2. The molecule has 0 heterocycles. The Labute approximate surface area is 111 Å². The van der Waals surface area contributed by atoms with Gasteiger partial charge in [0.05, 0.1) is 0 Å². The summed E-state index contributed by atoms with van der Waals surface area (Å²) in [6, 6.07) is 5.83. The van der Waals surface area contributed by atoms with E-state index in [2.05, 4.69) is 41.8 Å². The first kappa shape index (κ1) is 13.6. The summed E-state index contributed by atoms with van der Waals surface area (Å²) >= 11 is 2.27. The number of rotatable bonds is 5. The van der Waals surface area contributed by atoms with Crippen LogP contribution in [-0.2, 0) is 0 Å². The van der Waals surface area contributed by atoms with E-state index in [-0.39, 0.29) is 12.0 Å². The number of benzene rings is 1. The summed E-state index contributed by atoms with van der Waals surface area (Å²) in [5.41, 5.74) is 7.67. The van der Waals surface area contributed by atoms with Gasteiger partial charge in [0.15, 0.2) is 0 Å². The van der Waals surface area contributed by atoms with Crippen LogP contribution in [0.1, 0.15) is 20.3 Å². The normalized spacial score (nSPS) is 11.5. The Morgan fingerprint density at radius 1 is 1.44 bits per heavy atom. The fourth-order valence-corrected chi connectivity index (χ4v) is 2.13. The lowest BCUT2D eigenvalue weighted by molar-refractivity contribution is 0.220. The highest BCUT2D eigenvalue weighted by atomic mass is 127. The average Bonchev–Trinajstić information content (AvgIpc) is 2.16. The number of anilines is 2. The predicted octanol–water partition coefficient (Wildman–Crippen LogP) is 2.69. The van der Waals surface area contributed by atoms with Crippen LogP contribution in [0.15, 0.2) is 18.2 Å². The molecule has 0 aliphatic heterocycles. The summed E-state index contributed by atoms with van der Waals surface area (Å²) < 4.78 is 1.12. The standard InChI is InChI=1S/C12H19IN2O/c1-12(2,5-6-16)8-15-11-4-3-9(14)7-10(11)13/h3-4,7,15-16H,5-6,8,14H2,1-2H3. The maximum atomic E-state index is 8.94. The van der Waals surface area contributed by atoms with Crippen LogP contribution in [0, 0.1) is 8.99 Å². The molecule has 1 aromatic carbocycles. The summed E-state index contributed by atoms with van der Waals surface area (Å²) in [6.45, 7) is 5.35. The Balaban J connectivity index is 2.61. The topological polar surface area (TPSA) is 58.3 Å². The van der Waals surface area contributed by atoms with Crippen molar-refractivity contribution in [3.63, 3.8) is 0 Å². The molecule has 0 unspecified atom stereocenters. The lowest BCUT2D eigenvalue weighted by Crippen LogP contribution is -2.24. The highest BCUT2D eigenvalue weighted by Gasteiger charge is 2.17. The molecular weight excluding hydrogens is 315 g/mol. The maximum Gasteiger partial charge on any atom is 0.0477 e. The van der Waals surface area contributed by atoms with Crippen LogP contribution < -0.4 is 11.1 Å². The van der Waals surface area contributed by atoms with E-state index in [9.17, 15) is 0 Å². The van der Waals surface area contributed by atoms with Gasteiger partial charge in [-0.3, -0.25) is 0 Å². The maximum absolute atomic E-state index is 8.94. The van der Waals surface area contributed by atoms with Crippen LogP contribution in [0.25, 0.3) is 0 Å². The molecule has 0 aliphatic carbocycles. The van der Waals surface area contributed by atoms with Crippen molar-refractivity contribution in [2.45, 2.75) is 20.3 Å². The first-order valence-corrected chi connectivity index (χ1v) is 6.42. The first-order chi connectivity index (χ1) is 7.44. The van der Waals surface area contributed by atoms with Crippen molar-refractivity contribution in [3.05, 3.63) is 21.8 Å². The van der Waals surface area contributed by atoms with Crippen LogP contribution in [0.2, 0.25) is 0 Å². The summed E-state index contributed by atoms with van der Waals surface area (Å²) in [6.07, 6.45) is 0.797. The second kappa shape index (κ2) is 5.72. The van der Waals surface area contributed by atoms with Gasteiger partial charge in [-0.25, -0.2) is 0 Å². The van der Waals surface area contributed by atoms with Gasteiger partial charge in [-0.2, -0.15) is 0 Å². The lowest BCUT2D eigenvalue weighted by Gasteiger charge is -2.25. The molecule has 0 radical (unpaired) electrons. The van der Waals surface area contributed by atoms with Gasteiger partial charge >= 0.3 is 0 Å². The minimum atomic E-state index is 0.0964. The van der Waals surface area contributed by atoms with E-state index in [4.69, 9.17) is 10.8 Å². The van der Waals surface area contributed by atoms with Gasteiger partial charge < -0.3 is 16.2 Å². The van der Waals surface area contributed by atoms with E-state index in [0.717, 1.165) is 27.9 Å². The number of hydrogen-bond donors (Lipinski definition) is 3. The second-order valence-electron chi connectivity index (χ2n) is 4.73. The monoisotopic (exact) mass is 334 g/mol. The summed E-state index contributed by atoms with van der Waals surface area (Å²) in [5.74, 6) is 0. The number of hydrogen-bond acceptors (Lipinski definition) is 3. The van der Waals surface area contributed by atoms with Gasteiger partial charge in [0, 0.05) is 28.1 Å². The molecule has 0 spiro atoms. The van der Waals surface area contributed by atoms with Crippen molar-refractivity contribution in [1.29, 1.82) is 0 Å². The molecule has 1 aromatic rings. The van der Waals surface area contributed by atoms with E-state index >= 15 is 0 Å². The molecule has 1 rings (SSSR count). The number of nitrogens with two attached hydrogens (primary N) is 1. The Hall–Kier alpha value is -0.490. The molecule has 0 atom stereocenters. The minimum absolute atomic E-state index is 0.0964. The fourth-order valence-electron chi connectivity index (χ4n) is 1.40. The molecule has 0 fully saturated rings. The molecule has 0 aromatic heterocycles. The predicted molar refractivity (Wildman–Crippen MR) is 77.5 cm³/mol. The van der Waals surface area contributed by atoms with Gasteiger partial charge in [-0.1, -0.05) is 13.8 Å². The van der Waals surface area contributed by atoms with Gasteiger partial charge in [0.25, 0.3) is 0 Å². The first-order valence-electron chi connectivity index (χ1n) is 5.34. The third-order valence-corrected chi connectivity index (χ3v) is 3.43. The average molecular weight is 334 g/mol. The minimum Gasteiger partial charge on any atom is -0.399 e. The second-order valence-corrected chi connectivity index (χ2v) is 5.89. The highest BCUT2D eigenvalue weighted by Crippen LogP contribution is 2.24. The van der Waals surface area contributed by atoms with Crippen molar-refractivity contribution >= 4 is 34.0 Å². The quantitative estimate of drug-likeness (QED) is 0.573. The Bertz CT molecular complexity index is 353. The van der Waals surface area contributed by atoms with Crippen molar-refractivity contribution in [2.75, 3.05) is 24.2 Å². The summed E-state index contributed by atoms with van der Waals surface area (Å²) in [4.78, 5) is 0. The van der Waals surface area contributed by atoms with E-state index in [1.165, 1.54) is 0 Å². The molecule has 0 saturated heterocycles. The smallest absolute Gasteiger partial charge is 0.0477 e. The Kier molecular flexibility index (Phi) is 4.86. The number of aliphatic hydroxyl groups is 1.